The number of anilines is 1. The van der Waals surface area contributed by atoms with Crippen molar-refractivity contribution in [2.45, 2.75) is 12.8 Å². The SMILES string of the molecule is O=CC1CCCN(c2cc3ccccc3c(=O)[nH]2)C1. The highest BCUT2D eigenvalue weighted by Gasteiger charge is 2.20. The third-order valence-electron chi connectivity index (χ3n) is 3.73. The summed E-state index contributed by atoms with van der Waals surface area (Å²) in [5.74, 6) is 0.888. The molecule has 1 unspecified atom stereocenters. The van der Waals surface area contributed by atoms with Crippen LogP contribution in [0.1, 0.15) is 12.8 Å². The van der Waals surface area contributed by atoms with Crippen molar-refractivity contribution >= 4 is 22.9 Å². The van der Waals surface area contributed by atoms with E-state index in [9.17, 15) is 9.59 Å². The monoisotopic (exact) mass is 256 g/mol. The molecule has 4 heteroatoms. The van der Waals surface area contributed by atoms with Gasteiger partial charge in [0.2, 0.25) is 0 Å². The van der Waals surface area contributed by atoms with E-state index in [4.69, 9.17) is 0 Å². The highest BCUT2D eigenvalue weighted by Crippen LogP contribution is 2.22. The second-order valence-electron chi connectivity index (χ2n) is 5.06. The Hall–Kier alpha value is -2.10. The third kappa shape index (κ3) is 2.26. The lowest BCUT2D eigenvalue weighted by Crippen LogP contribution is -2.37. The molecule has 1 atom stereocenters. The first kappa shape index (κ1) is 12.0. The molecule has 0 spiro atoms. The first-order valence-electron chi connectivity index (χ1n) is 6.60. The van der Waals surface area contributed by atoms with Gasteiger partial charge in [0.15, 0.2) is 0 Å². The van der Waals surface area contributed by atoms with Crippen LogP contribution in [0.4, 0.5) is 5.82 Å². The molecule has 0 bridgehead atoms. The van der Waals surface area contributed by atoms with Crippen molar-refractivity contribution in [1.82, 2.24) is 4.98 Å². The van der Waals surface area contributed by atoms with Crippen LogP contribution in [0.25, 0.3) is 10.8 Å². The van der Waals surface area contributed by atoms with Gasteiger partial charge in [-0.1, -0.05) is 18.2 Å². The maximum Gasteiger partial charge on any atom is 0.257 e. The number of pyridine rings is 1. The zero-order valence-corrected chi connectivity index (χ0v) is 10.6. The lowest BCUT2D eigenvalue weighted by Gasteiger charge is -2.31. The summed E-state index contributed by atoms with van der Waals surface area (Å²) in [4.78, 5) is 28.0. The lowest BCUT2D eigenvalue weighted by molar-refractivity contribution is -0.111. The second kappa shape index (κ2) is 4.88. The number of aromatic nitrogens is 1. The number of nitrogens with zero attached hydrogens (tertiary/aromatic N) is 1. The topological polar surface area (TPSA) is 53.2 Å². The maximum absolute atomic E-state index is 12.0. The molecule has 0 saturated carbocycles. The average molecular weight is 256 g/mol. The van der Waals surface area contributed by atoms with Crippen molar-refractivity contribution in [3.63, 3.8) is 0 Å². The third-order valence-corrected chi connectivity index (χ3v) is 3.73. The van der Waals surface area contributed by atoms with Crippen molar-refractivity contribution in [2.24, 2.45) is 5.92 Å². The fourth-order valence-electron chi connectivity index (χ4n) is 2.71. The molecular weight excluding hydrogens is 240 g/mol. The smallest absolute Gasteiger partial charge is 0.257 e. The number of carbonyl (C=O) groups is 1. The van der Waals surface area contributed by atoms with Crippen LogP contribution in [0.2, 0.25) is 0 Å². The molecule has 1 aliphatic heterocycles. The zero-order valence-electron chi connectivity index (χ0n) is 10.6. The summed E-state index contributed by atoms with van der Waals surface area (Å²) >= 11 is 0. The van der Waals surface area contributed by atoms with Gasteiger partial charge in [0.25, 0.3) is 5.56 Å². The standard InChI is InChI=1S/C15H16N2O2/c18-10-11-4-3-7-17(9-11)14-8-12-5-1-2-6-13(12)15(19)16-14/h1-2,5-6,8,10-11H,3-4,7,9H2,(H,16,19). The quantitative estimate of drug-likeness (QED) is 0.835. The number of nitrogens with one attached hydrogen (secondary N) is 1. The average Bonchev–Trinajstić information content (AvgIpc) is 2.47. The van der Waals surface area contributed by atoms with E-state index in [1.807, 2.05) is 30.3 Å². The van der Waals surface area contributed by atoms with Gasteiger partial charge in [-0.15, -0.1) is 0 Å². The molecule has 1 saturated heterocycles. The molecule has 2 heterocycles. The predicted octanol–water partition coefficient (Wildman–Crippen LogP) is 1.94. The summed E-state index contributed by atoms with van der Waals surface area (Å²) in [6.45, 7) is 1.58. The van der Waals surface area contributed by atoms with E-state index in [2.05, 4.69) is 9.88 Å². The van der Waals surface area contributed by atoms with Crippen LogP contribution >= 0.6 is 0 Å². The van der Waals surface area contributed by atoms with Crippen LogP contribution < -0.4 is 10.5 Å². The van der Waals surface area contributed by atoms with Gasteiger partial charge in [-0.3, -0.25) is 4.79 Å². The molecule has 1 aromatic carbocycles. The van der Waals surface area contributed by atoms with Crippen molar-refractivity contribution in [1.29, 1.82) is 0 Å². The molecule has 0 radical (unpaired) electrons. The molecule has 19 heavy (non-hydrogen) atoms. The van der Waals surface area contributed by atoms with Gasteiger partial charge in [-0.05, 0) is 30.4 Å². The van der Waals surface area contributed by atoms with Crippen molar-refractivity contribution in [3.05, 3.63) is 40.7 Å². The molecule has 1 aliphatic rings. The molecule has 1 N–H and O–H groups in total. The molecule has 0 amide bonds. The van der Waals surface area contributed by atoms with Crippen molar-refractivity contribution in [3.8, 4) is 0 Å². The van der Waals surface area contributed by atoms with Gasteiger partial charge < -0.3 is 14.7 Å². The highest BCUT2D eigenvalue weighted by molar-refractivity contribution is 5.83. The summed E-state index contributed by atoms with van der Waals surface area (Å²) in [5, 5.41) is 1.64. The van der Waals surface area contributed by atoms with E-state index in [1.165, 1.54) is 0 Å². The molecular formula is C15H16N2O2. The Labute approximate surface area is 111 Å². The lowest BCUT2D eigenvalue weighted by atomic mass is 9.99. The highest BCUT2D eigenvalue weighted by atomic mass is 16.1. The predicted molar refractivity (Wildman–Crippen MR) is 75.6 cm³/mol. The Balaban J connectivity index is 2.01. The first-order chi connectivity index (χ1) is 9.28. The molecule has 2 aromatic rings. The van der Waals surface area contributed by atoms with Crippen molar-refractivity contribution in [2.75, 3.05) is 18.0 Å². The van der Waals surface area contributed by atoms with Gasteiger partial charge in [0, 0.05) is 24.4 Å². The van der Waals surface area contributed by atoms with Gasteiger partial charge in [-0.2, -0.15) is 0 Å². The summed E-state index contributed by atoms with van der Waals surface area (Å²) in [5.41, 5.74) is -0.0682. The Morgan fingerprint density at radius 1 is 1.32 bits per heavy atom. The first-order valence-corrected chi connectivity index (χ1v) is 6.60. The number of fused-ring (bicyclic) bond motifs is 1. The van der Waals surface area contributed by atoms with Crippen LogP contribution in [0, 0.1) is 5.92 Å². The summed E-state index contributed by atoms with van der Waals surface area (Å²) < 4.78 is 0. The Kier molecular flexibility index (Phi) is 3.07. The Morgan fingerprint density at radius 2 is 2.16 bits per heavy atom. The number of carbonyl (C=O) groups excluding carboxylic acids is 1. The van der Waals surface area contributed by atoms with E-state index in [-0.39, 0.29) is 11.5 Å². The summed E-state index contributed by atoms with van der Waals surface area (Å²) in [6, 6.07) is 9.54. The number of hydrogen-bond acceptors (Lipinski definition) is 3. The van der Waals surface area contributed by atoms with Crippen LogP contribution in [0.5, 0.6) is 0 Å². The number of benzene rings is 1. The minimum absolute atomic E-state index is 0.0682. The van der Waals surface area contributed by atoms with E-state index >= 15 is 0 Å². The number of H-pyrrole nitrogens is 1. The van der Waals surface area contributed by atoms with Crippen molar-refractivity contribution < 1.29 is 4.79 Å². The van der Waals surface area contributed by atoms with Gasteiger partial charge >= 0.3 is 0 Å². The van der Waals surface area contributed by atoms with E-state index in [1.54, 1.807) is 0 Å². The van der Waals surface area contributed by atoms with E-state index in [0.29, 0.717) is 11.9 Å². The molecule has 1 aromatic heterocycles. The normalized spacial score (nSPS) is 19.6. The van der Waals surface area contributed by atoms with E-state index < -0.39 is 0 Å². The molecule has 98 valence electrons. The maximum atomic E-state index is 12.0. The van der Waals surface area contributed by atoms with Gasteiger partial charge in [0.1, 0.15) is 12.1 Å². The number of piperidine rings is 1. The number of rotatable bonds is 2. The van der Waals surface area contributed by atoms with E-state index in [0.717, 1.165) is 36.9 Å². The largest absolute Gasteiger partial charge is 0.357 e. The molecule has 4 nitrogen and oxygen atoms in total. The number of aromatic amines is 1. The van der Waals surface area contributed by atoms with Gasteiger partial charge in [0.05, 0.1) is 0 Å². The fraction of sp³-hybridized carbons (Fsp3) is 0.333. The Bertz CT molecular complexity index is 662. The molecule has 3 rings (SSSR count). The Morgan fingerprint density at radius 3 is 3.00 bits per heavy atom. The van der Waals surface area contributed by atoms with Gasteiger partial charge in [-0.25, -0.2) is 0 Å². The summed E-state index contributed by atoms with van der Waals surface area (Å²) in [7, 11) is 0. The zero-order chi connectivity index (χ0) is 13.2. The minimum atomic E-state index is -0.0682. The number of hydrogen-bond donors (Lipinski definition) is 1. The second-order valence-corrected chi connectivity index (χ2v) is 5.06. The van der Waals surface area contributed by atoms with Crippen LogP contribution in [-0.4, -0.2) is 24.4 Å². The minimum Gasteiger partial charge on any atom is -0.357 e. The molecule has 1 fully saturated rings. The summed E-state index contributed by atoms with van der Waals surface area (Å²) in [6.07, 6.45) is 2.95. The van der Waals surface area contributed by atoms with Crippen LogP contribution in [0.15, 0.2) is 35.1 Å². The fourth-order valence-corrected chi connectivity index (χ4v) is 2.71. The molecule has 0 aliphatic carbocycles. The van der Waals surface area contributed by atoms with Crippen LogP contribution in [0.3, 0.4) is 0 Å². The van der Waals surface area contributed by atoms with Crippen LogP contribution in [-0.2, 0) is 4.79 Å². The number of aldehydes is 1.